The normalized spacial score (nSPS) is 9.93. The van der Waals surface area contributed by atoms with E-state index in [1.54, 1.807) is 6.92 Å². The molecular weight excluding hydrogens is 229 g/mol. The molecule has 0 saturated heterocycles. The van der Waals surface area contributed by atoms with Gasteiger partial charge >= 0.3 is 5.69 Å². The summed E-state index contributed by atoms with van der Waals surface area (Å²) in [5, 5.41) is 11.0. The Morgan fingerprint density at radius 3 is 2.64 bits per heavy atom. The molecule has 1 aromatic rings. The molecule has 0 heterocycles. The maximum atomic E-state index is 10.6. The van der Waals surface area contributed by atoms with E-state index in [4.69, 9.17) is 27.9 Å². The minimum absolute atomic E-state index is 0.0589. The van der Waals surface area contributed by atoms with E-state index in [2.05, 4.69) is 0 Å². The highest BCUT2D eigenvalue weighted by atomic mass is 35.5. The van der Waals surface area contributed by atoms with Crippen LogP contribution < -0.4 is 4.74 Å². The Morgan fingerprint density at radius 2 is 2.14 bits per heavy atom. The van der Waals surface area contributed by atoms with Gasteiger partial charge in [0.15, 0.2) is 0 Å². The van der Waals surface area contributed by atoms with Gasteiger partial charge in [0, 0.05) is 11.1 Å². The molecule has 0 amide bonds. The van der Waals surface area contributed by atoms with Crippen LogP contribution in [0.15, 0.2) is 12.1 Å². The third-order valence-corrected chi connectivity index (χ3v) is 1.97. The van der Waals surface area contributed by atoms with Gasteiger partial charge in [-0.1, -0.05) is 23.2 Å². The number of ether oxygens (including phenoxy) is 1. The smallest absolute Gasteiger partial charge is 0.313 e. The van der Waals surface area contributed by atoms with Crippen LogP contribution in [0.25, 0.3) is 0 Å². The topological polar surface area (TPSA) is 52.4 Å². The summed E-state index contributed by atoms with van der Waals surface area (Å²) < 4.78 is 5.05. The minimum atomic E-state index is -0.581. The van der Waals surface area contributed by atoms with E-state index in [0.717, 1.165) is 0 Å². The number of rotatable bonds is 3. The van der Waals surface area contributed by atoms with Crippen LogP contribution in [-0.4, -0.2) is 11.5 Å². The van der Waals surface area contributed by atoms with Crippen molar-refractivity contribution in [2.45, 2.75) is 6.92 Å². The fourth-order valence-corrected chi connectivity index (χ4v) is 1.51. The van der Waals surface area contributed by atoms with Crippen molar-refractivity contribution in [2.75, 3.05) is 6.61 Å². The number of nitro benzene ring substituents is 1. The lowest BCUT2D eigenvalue weighted by atomic mass is 10.3. The SMILES string of the molecule is CCOc1c(Cl)cc(Cl)cc1[N+](=O)[O-]. The van der Waals surface area contributed by atoms with Crippen LogP contribution in [0.3, 0.4) is 0 Å². The van der Waals surface area contributed by atoms with Gasteiger partial charge in [0.25, 0.3) is 0 Å². The van der Waals surface area contributed by atoms with E-state index < -0.39 is 4.92 Å². The van der Waals surface area contributed by atoms with E-state index in [9.17, 15) is 10.1 Å². The lowest BCUT2D eigenvalue weighted by Crippen LogP contribution is -1.98. The predicted molar refractivity (Wildman–Crippen MR) is 54.3 cm³/mol. The van der Waals surface area contributed by atoms with Crippen molar-refractivity contribution in [3.05, 3.63) is 32.3 Å². The Morgan fingerprint density at radius 1 is 1.50 bits per heavy atom. The molecule has 0 spiro atoms. The number of nitrogens with zero attached hydrogens (tertiary/aromatic N) is 1. The van der Waals surface area contributed by atoms with E-state index in [0.29, 0.717) is 6.61 Å². The van der Waals surface area contributed by atoms with Gasteiger partial charge in [-0.3, -0.25) is 10.1 Å². The number of benzene rings is 1. The van der Waals surface area contributed by atoms with Crippen molar-refractivity contribution in [3.63, 3.8) is 0 Å². The second-order valence-electron chi connectivity index (χ2n) is 2.43. The zero-order valence-electron chi connectivity index (χ0n) is 7.29. The Balaban J connectivity index is 3.28. The zero-order valence-corrected chi connectivity index (χ0v) is 8.80. The molecule has 76 valence electrons. The molecule has 1 aromatic carbocycles. The summed E-state index contributed by atoms with van der Waals surface area (Å²) in [6.07, 6.45) is 0. The van der Waals surface area contributed by atoms with E-state index >= 15 is 0 Å². The first-order chi connectivity index (χ1) is 6.56. The maximum absolute atomic E-state index is 10.6. The Kier molecular flexibility index (Phi) is 3.55. The molecule has 4 nitrogen and oxygen atoms in total. The van der Waals surface area contributed by atoms with Crippen LogP contribution >= 0.6 is 23.2 Å². The van der Waals surface area contributed by atoms with Gasteiger partial charge < -0.3 is 4.74 Å². The number of nitro groups is 1. The Labute approximate surface area is 90.5 Å². The molecule has 6 heteroatoms. The summed E-state index contributed by atoms with van der Waals surface area (Å²) in [5.74, 6) is 0.0589. The fourth-order valence-electron chi connectivity index (χ4n) is 0.970. The standard InChI is InChI=1S/C8H7Cl2NO3/c1-2-14-8-6(10)3-5(9)4-7(8)11(12)13/h3-4H,2H2,1H3. The minimum Gasteiger partial charge on any atom is -0.486 e. The molecule has 0 aliphatic carbocycles. The first-order valence-corrected chi connectivity index (χ1v) is 4.58. The fraction of sp³-hybridized carbons (Fsp3) is 0.250. The molecule has 0 bridgehead atoms. The van der Waals surface area contributed by atoms with Crippen molar-refractivity contribution in [2.24, 2.45) is 0 Å². The number of hydrogen-bond acceptors (Lipinski definition) is 3. The van der Waals surface area contributed by atoms with Crippen LogP contribution in [-0.2, 0) is 0 Å². The van der Waals surface area contributed by atoms with Crippen LogP contribution in [0.2, 0.25) is 10.0 Å². The summed E-state index contributed by atoms with van der Waals surface area (Å²) >= 11 is 11.4. The number of halogens is 2. The van der Waals surface area contributed by atoms with Crippen molar-refractivity contribution in [3.8, 4) is 5.75 Å². The maximum Gasteiger partial charge on any atom is 0.313 e. The van der Waals surface area contributed by atoms with E-state index in [1.165, 1.54) is 12.1 Å². The molecule has 1 rings (SSSR count). The zero-order chi connectivity index (χ0) is 10.7. The molecule has 0 radical (unpaired) electrons. The van der Waals surface area contributed by atoms with E-state index in [-0.39, 0.29) is 21.5 Å². The molecule has 0 aliphatic rings. The summed E-state index contributed by atoms with van der Waals surface area (Å²) in [7, 11) is 0. The van der Waals surface area contributed by atoms with Gasteiger partial charge in [-0.2, -0.15) is 0 Å². The first-order valence-electron chi connectivity index (χ1n) is 3.82. The van der Waals surface area contributed by atoms with Crippen LogP contribution in [0, 0.1) is 10.1 Å². The first kappa shape index (κ1) is 11.1. The molecule has 0 aliphatic heterocycles. The Hall–Kier alpha value is -1.00. The van der Waals surface area contributed by atoms with Gasteiger partial charge in [0.1, 0.15) is 0 Å². The van der Waals surface area contributed by atoms with Crippen molar-refractivity contribution < 1.29 is 9.66 Å². The molecule has 0 aromatic heterocycles. The second-order valence-corrected chi connectivity index (χ2v) is 3.27. The second kappa shape index (κ2) is 4.48. The van der Waals surface area contributed by atoms with Gasteiger partial charge in [0.2, 0.25) is 5.75 Å². The van der Waals surface area contributed by atoms with Crippen molar-refractivity contribution >= 4 is 28.9 Å². The van der Waals surface area contributed by atoms with Gasteiger partial charge in [-0.25, -0.2) is 0 Å². The van der Waals surface area contributed by atoms with Crippen LogP contribution in [0.5, 0.6) is 5.75 Å². The van der Waals surface area contributed by atoms with Gasteiger partial charge in [-0.15, -0.1) is 0 Å². The summed E-state index contributed by atoms with van der Waals surface area (Å²) in [6, 6.07) is 2.61. The Bertz CT molecular complexity index is 368. The van der Waals surface area contributed by atoms with Crippen molar-refractivity contribution in [1.82, 2.24) is 0 Å². The molecule has 0 fully saturated rings. The summed E-state index contributed by atoms with van der Waals surface area (Å²) in [6.45, 7) is 2.02. The average Bonchev–Trinajstić information content (AvgIpc) is 2.09. The largest absolute Gasteiger partial charge is 0.486 e. The lowest BCUT2D eigenvalue weighted by Gasteiger charge is -2.06. The highest BCUT2D eigenvalue weighted by Crippen LogP contribution is 2.37. The molecular formula is C8H7Cl2NO3. The lowest BCUT2D eigenvalue weighted by molar-refractivity contribution is -0.385. The third kappa shape index (κ3) is 2.27. The molecule has 0 atom stereocenters. The highest BCUT2D eigenvalue weighted by Gasteiger charge is 2.19. The third-order valence-electron chi connectivity index (χ3n) is 1.47. The quantitative estimate of drug-likeness (QED) is 0.597. The van der Waals surface area contributed by atoms with Crippen molar-refractivity contribution in [1.29, 1.82) is 0 Å². The number of hydrogen-bond donors (Lipinski definition) is 0. The highest BCUT2D eigenvalue weighted by molar-refractivity contribution is 6.36. The predicted octanol–water partition coefficient (Wildman–Crippen LogP) is 3.30. The van der Waals surface area contributed by atoms with Crippen LogP contribution in [0.4, 0.5) is 5.69 Å². The van der Waals surface area contributed by atoms with Gasteiger partial charge in [-0.05, 0) is 13.0 Å². The molecule has 0 N–H and O–H groups in total. The molecule has 0 saturated carbocycles. The van der Waals surface area contributed by atoms with E-state index in [1.807, 2.05) is 0 Å². The molecule has 0 unspecified atom stereocenters. The molecule has 14 heavy (non-hydrogen) atoms. The average molecular weight is 236 g/mol. The van der Waals surface area contributed by atoms with Crippen LogP contribution in [0.1, 0.15) is 6.92 Å². The monoisotopic (exact) mass is 235 g/mol. The summed E-state index contributed by atoms with van der Waals surface area (Å²) in [4.78, 5) is 10.0. The van der Waals surface area contributed by atoms with Gasteiger partial charge in [0.05, 0.1) is 16.6 Å². The summed E-state index contributed by atoms with van der Waals surface area (Å²) in [5.41, 5.74) is -0.218.